The third kappa shape index (κ3) is 4.05. The molecule has 0 aliphatic rings. The molecule has 136 valence electrons. The van der Waals surface area contributed by atoms with Crippen LogP contribution in [0.4, 0.5) is 4.39 Å². The first-order valence-corrected chi connectivity index (χ1v) is 10.0. The molecule has 0 fully saturated rings. The molecule has 0 saturated heterocycles. The summed E-state index contributed by atoms with van der Waals surface area (Å²) in [6.07, 6.45) is 1.52. The Hall–Kier alpha value is -1.57. The minimum atomic E-state index is -0.531. The highest BCUT2D eigenvalue weighted by Crippen LogP contribution is 2.30. The number of aromatic nitrogens is 3. The molecule has 0 unspecified atom stereocenters. The molecule has 26 heavy (non-hydrogen) atoms. The lowest BCUT2D eigenvalue weighted by molar-refractivity contribution is 0.104. The van der Waals surface area contributed by atoms with E-state index in [1.165, 1.54) is 12.3 Å². The lowest BCUT2D eigenvalue weighted by atomic mass is 10.1. The summed E-state index contributed by atoms with van der Waals surface area (Å²) in [6.45, 7) is 10.5. The van der Waals surface area contributed by atoms with E-state index in [-0.39, 0.29) is 10.9 Å². The zero-order valence-corrected chi connectivity index (χ0v) is 18.1. The van der Waals surface area contributed by atoms with Crippen LogP contribution in [0.1, 0.15) is 40.3 Å². The van der Waals surface area contributed by atoms with Gasteiger partial charge in [0.05, 0.1) is 28.4 Å². The minimum Gasteiger partial charge on any atom is -0.406 e. The highest BCUT2D eigenvalue weighted by molar-refractivity contribution is 9.10. The van der Waals surface area contributed by atoms with Crippen molar-refractivity contribution in [1.82, 2.24) is 14.8 Å². The van der Waals surface area contributed by atoms with E-state index in [9.17, 15) is 4.39 Å². The summed E-state index contributed by atoms with van der Waals surface area (Å²) in [5.41, 5.74) is 0.943. The van der Waals surface area contributed by atoms with Crippen LogP contribution in [0.15, 0.2) is 41.0 Å². The standard InChI is InChI=1S/C19H21BrFN3OSi/c1-18(2,3)26-25-19(4,5)16-7-6-8-17(23-16)24-15-10-12(20)9-14(21)13(15)11-22-24/h6-11H,1-5H3. The monoisotopic (exact) mass is 433 g/mol. The van der Waals surface area contributed by atoms with Gasteiger partial charge in [0.25, 0.3) is 0 Å². The average molecular weight is 434 g/mol. The van der Waals surface area contributed by atoms with E-state index in [0.29, 0.717) is 31.0 Å². The Morgan fingerprint density at radius 2 is 1.88 bits per heavy atom. The van der Waals surface area contributed by atoms with Crippen LogP contribution < -0.4 is 0 Å². The summed E-state index contributed by atoms with van der Waals surface area (Å²) in [5.74, 6) is 0.317. The third-order valence-electron chi connectivity index (χ3n) is 3.78. The van der Waals surface area contributed by atoms with Gasteiger partial charge in [-0.05, 0) is 43.2 Å². The molecule has 0 spiro atoms. The number of benzene rings is 1. The number of hydrogen-bond donors (Lipinski definition) is 0. The first kappa shape index (κ1) is 19.2. The van der Waals surface area contributed by atoms with Crippen molar-refractivity contribution >= 4 is 36.6 Å². The first-order chi connectivity index (χ1) is 12.1. The maximum absolute atomic E-state index is 14.1. The second kappa shape index (κ2) is 6.87. The van der Waals surface area contributed by atoms with Crippen molar-refractivity contribution < 1.29 is 8.82 Å². The van der Waals surface area contributed by atoms with Crippen LogP contribution in [-0.2, 0) is 10.0 Å². The Balaban J connectivity index is 2.00. The summed E-state index contributed by atoms with van der Waals surface area (Å²) in [6, 6.07) is 8.99. The molecule has 2 radical (unpaired) electrons. The zero-order chi connectivity index (χ0) is 19.1. The molecule has 1 aromatic carbocycles. The number of rotatable bonds is 4. The van der Waals surface area contributed by atoms with Crippen LogP contribution in [0.25, 0.3) is 16.7 Å². The Morgan fingerprint density at radius 3 is 2.58 bits per heavy atom. The highest BCUT2D eigenvalue weighted by Gasteiger charge is 2.27. The van der Waals surface area contributed by atoms with Crippen LogP contribution in [0, 0.1) is 5.82 Å². The van der Waals surface area contributed by atoms with E-state index in [4.69, 9.17) is 9.41 Å². The molecular formula is C19H21BrFN3OSi. The smallest absolute Gasteiger partial charge is 0.237 e. The van der Waals surface area contributed by atoms with Crippen LogP contribution >= 0.6 is 15.9 Å². The second-order valence-electron chi connectivity index (χ2n) is 7.72. The van der Waals surface area contributed by atoms with Gasteiger partial charge in [0.1, 0.15) is 5.82 Å². The summed E-state index contributed by atoms with van der Waals surface area (Å²) in [7, 11) is 0.351. The maximum atomic E-state index is 14.1. The van der Waals surface area contributed by atoms with E-state index < -0.39 is 5.60 Å². The Morgan fingerprint density at radius 1 is 1.15 bits per heavy atom. The van der Waals surface area contributed by atoms with Crippen molar-refractivity contribution in [3.05, 3.63) is 52.5 Å². The molecule has 0 aliphatic heterocycles. The summed E-state index contributed by atoms with van der Waals surface area (Å²) in [5, 5.41) is 4.89. The van der Waals surface area contributed by atoms with E-state index in [1.807, 2.05) is 38.1 Å². The fourth-order valence-electron chi connectivity index (χ4n) is 2.44. The Kier molecular flexibility index (Phi) is 5.07. The van der Waals surface area contributed by atoms with E-state index in [0.717, 1.165) is 5.69 Å². The molecule has 0 saturated carbocycles. The van der Waals surface area contributed by atoms with Crippen molar-refractivity contribution in [3.63, 3.8) is 0 Å². The topological polar surface area (TPSA) is 39.9 Å². The van der Waals surface area contributed by atoms with Crippen LogP contribution in [0.2, 0.25) is 5.04 Å². The SMILES string of the molecule is CC(C)(C)[Si]OC(C)(C)c1cccc(-n2ncc3c(F)cc(Br)cc32)n1. The van der Waals surface area contributed by atoms with E-state index in [2.05, 4.69) is 41.8 Å². The second-order valence-corrected chi connectivity index (χ2v) is 10.5. The van der Waals surface area contributed by atoms with Gasteiger partial charge < -0.3 is 4.43 Å². The maximum Gasteiger partial charge on any atom is 0.237 e. The van der Waals surface area contributed by atoms with Crippen LogP contribution in [-0.4, -0.2) is 24.5 Å². The lowest BCUT2D eigenvalue weighted by Gasteiger charge is -2.29. The van der Waals surface area contributed by atoms with Crippen molar-refractivity contribution in [1.29, 1.82) is 0 Å². The van der Waals surface area contributed by atoms with Gasteiger partial charge in [0.15, 0.2) is 5.82 Å². The largest absolute Gasteiger partial charge is 0.406 e. The molecule has 2 heterocycles. The van der Waals surface area contributed by atoms with Gasteiger partial charge in [-0.25, -0.2) is 14.1 Å². The summed E-state index contributed by atoms with van der Waals surface area (Å²) >= 11 is 3.34. The van der Waals surface area contributed by atoms with E-state index in [1.54, 1.807) is 4.68 Å². The molecule has 3 aromatic rings. The number of nitrogens with zero attached hydrogens (tertiary/aromatic N) is 3. The van der Waals surface area contributed by atoms with Gasteiger partial charge in [-0.3, -0.25) is 0 Å². The molecule has 4 nitrogen and oxygen atoms in total. The van der Waals surface area contributed by atoms with Gasteiger partial charge in [-0.2, -0.15) is 5.10 Å². The molecule has 2 aromatic heterocycles. The summed E-state index contributed by atoms with van der Waals surface area (Å²) in [4.78, 5) is 4.74. The summed E-state index contributed by atoms with van der Waals surface area (Å²) < 4.78 is 22.6. The fourth-order valence-corrected chi connectivity index (χ4v) is 3.53. The van der Waals surface area contributed by atoms with Gasteiger partial charge in [0.2, 0.25) is 9.76 Å². The molecule has 3 rings (SSSR count). The van der Waals surface area contributed by atoms with Gasteiger partial charge in [-0.15, -0.1) is 0 Å². The van der Waals surface area contributed by atoms with Crippen LogP contribution in [0.5, 0.6) is 0 Å². The van der Waals surface area contributed by atoms with Gasteiger partial charge >= 0.3 is 0 Å². The highest BCUT2D eigenvalue weighted by atomic mass is 79.9. The predicted molar refractivity (Wildman–Crippen MR) is 106 cm³/mol. The molecule has 0 aliphatic carbocycles. The number of halogens is 2. The molecular weight excluding hydrogens is 413 g/mol. The minimum absolute atomic E-state index is 0.0941. The average Bonchev–Trinajstić information content (AvgIpc) is 2.97. The molecule has 0 amide bonds. The molecule has 0 atom stereocenters. The first-order valence-electron chi connectivity index (χ1n) is 8.33. The van der Waals surface area contributed by atoms with Gasteiger partial charge in [0, 0.05) is 4.47 Å². The number of fused-ring (bicyclic) bond motifs is 1. The Bertz CT molecular complexity index is 950. The number of pyridine rings is 1. The third-order valence-corrected chi connectivity index (χ3v) is 5.47. The Labute approximate surface area is 163 Å². The molecule has 0 bridgehead atoms. The fraction of sp³-hybridized carbons (Fsp3) is 0.368. The zero-order valence-electron chi connectivity index (χ0n) is 15.5. The molecule has 7 heteroatoms. The van der Waals surface area contributed by atoms with Crippen molar-refractivity contribution in [2.24, 2.45) is 0 Å². The lowest BCUT2D eigenvalue weighted by Crippen LogP contribution is -2.28. The van der Waals surface area contributed by atoms with Crippen molar-refractivity contribution in [2.75, 3.05) is 0 Å². The molecule has 0 N–H and O–H groups in total. The number of hydrogen-bond acceptors (Lipinski definition) is 3. The van der Waals surface area contributed by atoms with E-state index >= 15 is 0 Å². The van der Waals surface area contributed by atoms with Gasteiger partial charge in [-0.1, -0.05) is 42.8 Å². The normalized spacial score (nSPS) is 12.7. The van der Waals surface area contributed by atoms with Crippen molar-refractivity contribution in [3.8, 4) is 5.82 Å². The van der Waals surface area contributed by atoms with Crippen molar-refractivity contribution in [2.45, 2.75) is 45.3 Å². The predicted octanol–water partition coefficient (Wildman–Crippen LogP) is 5.41. The quantitative estimate of drug-likeness (QED) is 0.516. The van der Waals surface area contributed by atoms with Crippen LogP contribution in [0.3, 0.4) is 0 Å².